The zero-order valence-corrected chi connectivity index (χ0v) is 12.0. The normalized spacial score (nSPS) is 15.2. The molecule has 0 bridgehead atoms. The van der Waals surface area contributed by atoms with Gasteiger partial charge in [0.1, 0.15) is 0 Å². The van der Waals surface area contributed by atoms with Gasteiger partial charge in [-0.15, -0.1) is 0 Å². The first kappa shape index (κ1) is 14.7. The third-order valence-corrected chi connectivity index (χ3v) is 3.44. The maximum atomic E-state index is 12.3. The fraction of sp³-hybridized carbons (Fsp3) is 0.533. The van der Waals surface area contributed by atoms with Gasteiger partial charge in [-0.3, -0.25) is 4.79 Å². The number of hydrogen-bond acceptors (Lipinski definition) is 4. The van der Waals surface area contributed by atoms with Gasteiger partial charge in [-0.1, -0.05) is 6.92 Å². The summed E-state index contributed by atoms with van der Waals surface area (Å²) >= 11 is 0. The van der Waals surface area contributed by atoms with E-state index < -0.39 is 0 Å². The van der Waals surface area contributed by atoms with Crippen LogP contribution in [0.3, 0.4) is 0 Å². The number of rotatable bonds is 5. The van der Waals surface area contributed by atoms with Crippen LogP contribution in [0.4, 0.5) is 11.4 Å². The summed E-state index contributed by atoms with van der Waals surface area (Å²) < 4.78 is 5.28. The Labute approximate surface area is 120 Å². The number of hydrogen-bond donors (Lipinski definition) is 1. The Morgan fingerprint density at radius 1 is 1.30 bits per heavy atom. The number of carbonyl (C=O) groups excluding carboxylic acids is 1. The van der Waals surface area contributed by atoms with Crippen LogP contribution in [0.5, 0.6) is 0 Å². The highest BCUT2D eigenvalue weighted by Crippen LogP contribution is 2.17. The van der Waals surface area contributed by atoms with Crippen LogP contribution >= 0.6 is 0 Å². The molecule has 0 atom stereocenters. The fourth-order valence-electron chi connectivity index (χ4n) is 2.33. The molecule has 0 radical (unpaired) electrons. The zero-order chi connectivity index (χ0) is 14.4. The molecule has 0 aromatic heterocycles. The average molecular weight is 277 g/mol. The number of anilines is 2. The Morgan fingerprint density at radius 2 is 1.95 bits per heavy atom. The summed E-state index contributed by atoms with van der Waals surface area (Å²) in [4.78, 5) is 16.3. The van der Waals surface area contributed by atoms with E-state index in [0.717, 1.165) is 24.3 Å². The van der Waals surface area contributed by atoms with Crippen molar-refractivity contribution in [2.45, 2.75) is 13.3 Å². The van der Waals surface area contributed by atoms with Crippen LogP contribution < -0.4 is 10.6 Å². The smallest absolute Gasteiger partial charge is 0.242 e. The molecule has 20 heavy (non-hydrogen) atoms. The van der Waals surface area contributed by atoms with Gasteiger partial charge >= 0.3 is 0 Å². The predicted octanol–water partition coefficient (Wildman–Crippen LogP) is 1.34. The van der Waals surface area contributed by atoms with Crippen molar-refractivity contribution < 1.29 is 9.53 Å². The zero-order valence-electron chi connectivity index (χ0n) is 12.0. The first-order chi connectivity index (χ1) is 9.70. The molecule has 0 aliphatic carbocycles. The van der Waals surface area contributed by atoms with E-state index in [0.29, 0.717) is 32.8 Å². The largest absolute Gasteiger partial charge is 0.399 e. The van der Waals surface area contributed by atoms with Crippen LogP contribution in [0.15, 0.2) is 24.3 Å². The lowest BCUT2D eigenvalue weighted by Gasteiger charge is -2.31. The van der Waals surface area contributed by atoms with Crippen LogP contribution in [0.2, 0.25) is 0 Å². The van der Waals surface area contributed by atoms with E-state index in [2.05, 4.69) is 11.8 Å². The average Bonchev–Trinajstić information content (AvgIpc) is 2.48. The molecule has 0 spiro atoms. The highest BCUT2D eigenvalue weighted by atomic mass is 16.5. The molecule has 1 aromatic carbocycles. The first-order valence-corrected chi connectivity index (χ1v) is 7.16. The summed E-state index contributed by atoms with van der Waals surface area (Å²) in [6.45, 7) is 6.06. The van der Waals surface area contributed by atoms with Gasteiger partial charge in [0.25, 0.3) is 0 Å². The maximum absolute atomic E-state index is 12.3. The Kier molecular flexibility index (Phi) is 5.24. The third kappa shape index (κ3) is 3.87. The van der Waals surface area contributed by atoms with Crippen molar-refractivity contribution in [3.8, 4) is 0 Å². The molecule has 0 saturated carbocycles. The van der Waals surface area contributed by atoms with Crippen LogP contribution in [0, 0.1) is 0 Å². The number of nitrogens with two attached hydrogens (primary N) is 1. The van der Waals surface area contributed by atoms with Crippen LogP contribution in [-0.4, -0.2) is 50.2 Å². The second-order valence-corrected chi connectivity index (χ2v) is 5.01. The molecule has 1 fully saturated rings. The molecule has 1 aromatic rings. The fourth-order valence-corrected chi connectivity index (χ4v) is 2.33. The lowest BCUT2D eigenvalue weighted by molar-refractivity contribution is -0.133. The summed E-state index contributed by atoms with van der Waals surface area (Å²) in [6, 6.07) is 7.68. The van der Waals surface area contributed by atoms with Crippen molar-refractivity contribution in [2.24, 2.45) is 0 Å². The summed E-state index contributed by atoms with van der Waals surface area (Å²) in [6.07, 6.45) is 1.00. The van der Waals surface area contributed by atoms with Crippen molar-refractivity contribution in [1.29, 1.82) is 0 Å². The minimum Gasteiger partial charge on any atom is -0.399 e. The van der Waals surface area contributed by atoms with Crippen molar-refractivity contribution in [3.05, 3.63) is 24.3 Å². The molecule has 1 saturated heterocycles. The Hall–Kier alpha value is -1.75. The lowest BCUT2D eigenvalue weighted by Crippen LogP contribution is -2.46. The van der Waals surface area contributed by atoms with E-state index in [1.807, 2.05) is 29.2 Å². The summed E-state index contributed by atoms with van der Waals surface area (Å²) in [7, 11) is 0. The Balaban J connectivity index is 2.01. The number of nitrogen functional groups attached to an aromatic ring is 1. The molecule has 5 nitrogen and oxygen atoms in total. The van der Waals surface area contributed by atoms with Gasteiger partial charge in [0, 0.05) is 31.0 Å². The summed E-state index contributed by atoms with van der Waals surface area (Å²) in [5.74, 6) is 0.165. The van der Waals surface area contributed by atoms with Crippen LogP contribution in [-0.2, 0) is 9.53 Å². The topological polar surface area (TPSA) is 58.8 Å². The molecule has 0 unspecified atom stereocenters. The van der Waals surface area contributed by atoms with Crippen molar-refractivity contribution in [1.82, 2.24) is 4.90 Å². The SMILES string of the molecule is CCCN(CC(=O)N1CCOCC1)c1ccc(N)cc1. The maximum Gasteiger partial charge on any atom is 0.242 e. The number of nitrogens with zero attached hydrogens (tertiary/aromatic N) is 2. The number of benzene rings is 1. The lowest BCUT2D eigenvalue weighted by atomic mass is 10.2. The predicted molar refractivity (Wildman–Crippen MR) is 80.8 cm³/mol. The molecule has 1 aliphatic heterocycles. The summed E-state index contributed by atoms with van der Waals surface area (Å²) in [5.41, 5.74) is 7.50. The Morgan fingerprint density at radius 3 is 2.55 bits per heavy atom. The van der Waals surface area contributed by atoms with E-state index in [-0.39, 0.29) is 5.91 Å². The van der Waals surface area contributed by atoms with E-state index in [1.54, 1.807) is 0 Å². The Bertz CT molecular complexity index is 427. The highest BCUT2D eigenvalue weighted by Gasteiger charge is 2.19. The van der Waals surface area contributed by atoms with E-state index in [1.165, 1.54) is 0 Å². The highest BCUT2D eigenvalue weighted by molar-refractivity contribution is 5.81. The van der Waals surface area contributed by atoms with Gasteiger partial charge in [-0.05, 0) is 30.7 Å². The van der Waals surface area contributed by atoms with Gasteiger partial charge in [-0.2, -0.15) is 0 Å². The van der Waals surface area contributed by atoms with E-state index >= 15 is 0 Å². The van der Waals surface area contributed by atoms with Gasteiger partial charge in [-0.25, -0.2) is 0 Å². The molecule has 5 heteroatoms. The molecular weight excluding hydrogens is 254 g/mol. The van der Waals surface area contributed by atoms with E-state index in [4.69, 9.17) is 10.5 Å². The van der Waals surface area contributed by atoms with Crippen LogP contribution in [0.25, 0.3) is 0 Å². The van der Waals surface area contributed by atoms with Crippen molar-refractivity contribution in [2.75, 3.05) is 50.0 Å². The van der Waals surface area contributed by atoms with Crippen molar-refractivity contribution in [3.63, 3.8) is 0 Å². The molecule has 2 N–H and O–H groups in total. The molecule has 1 amide bonds. The molecular formula is C15H23N3O2. The third-order valence-electron chi connectivity index (χ3n) is 3.44. The van der Waals surface area contributed by atoms with Gasteiger partial charge in [0.05, 0.1) is 19.8 Å². The first-order valence-electron chi connectivity index (χ1n) is 7.16. The standard InChI is InChI=1S/C15H23N3O2/c1-2-7-18(14-5-3-13(16)4-6-14)12-15(19)17-8-10-20-11-9-17/h3-6H,2,7-12,16H2,1H3. The van der Waals surface area contributed by atoms with Crippen molar-refractivity contribution >= 4 is 17.3 Å². The van der Waals surface area contributed by atoms with Gasteiger partial charge in [0.15, 0.2) is 0 Å². The molecule has 1 aliphatic rings. The quantitative estimate of drug-likeness (QED) is 0.825. The van der Waals surface area contributed by atoms with Gasteiger partial charge < -0.3 is 20.3 Å². The number of amides is 1. The molecule has 110 valence electrons. The second kappa shape index (κ2) is 7.14. The number of ether oxygens (including phenoxy) is 1. The van der Waals surface area contributed by atoms with Gasteiger partial charge in [0.2, 0.25) is 5.91 Å². The minimum atomic E-state index is 0.165. The van der Waals surface area contributed by atoms with E-state index in [9.17, 15) is 4.79 Å². The monoisotopic (exact) mass is 277 g/mol. The summed E-state index contributed by atoms with van der Waals surface area (Å²) in [5, 5.41) is 0. The number of carbonyl (C=O) groups is 1. The number of morpholine rings is 1. The minimum absolute atomic E-state index is 0.165. The van der Waals surface area contributed by atoms with Crippen LogP contribution in [0.1, 0.15) is 13.3 Å². The molecule has 2 rings (SSSR count). The second-order valence-electron chi connectivity index (χ2n) is 5.01. The molecule has 1 heterocycles.